The van der Waals surface area contributed by atoms with Crippen LogP contribution in [0.5, 0.6) is 0 Å². The average Bonchev–Trinajstić information content (AvgIpc) is 3.59. The molecule has 15 heteroatoms. The maximum atomic E-state index is 13.7. The number of hydrogen-bond donors (Lipinski definition) is 4. The molecule has 1 aromatic carbocycles. The molecular weight excluding hydrogens is 527 g/mol. The van der Waals surface area contributed by atoms with Gasteiger partial charge in [-0.25, -0.2) is 22.6 Å². The minimum atomic E-state index is -1.62. The highest BCUT2D eigenvalue weighted by Crippen LogP contribution is 2.35. The van der Waals surface area contributed by atoms with Gasteiger partial charge in [0.2, 0.25) is 0 Å². The molecule has 0 saturated carbocycles. The third-order valence-corrected chi connectivity index (χ3v) is 7.57. The van der Waals surface area contributed by atoms with E-state index >= 15 is 0 Å². The topological polar surface area (TPSA) is 163 Å². The second kappa shape index (κ2) is 11.1. The molecule has 1 amide bonds. The minimum absolute atomic E-state index is 0.0260. The highest BCUT2D eigenvalue weighted by Gasteiger charge is 2.47. The van der Waals surface area contributed by atoms with Crippen LogP contribution in [0.2, 0.25) is 0 Å². The van der Waals surface area contributed by atoms with Gasteiger partial charge in [-0.1, -0.05) is 10.4 Å². The van der Waals surface area contributed by atoms with Gasteiger partial charge in [0.05, 0.1) is 24.6 Å². The summed E-state index contributed by atoms with van der Waals surface area (Å²) < 4.78 is 47.7. The predicted molar refractivity (Wildman–Crippen MR) is 126 cm³/mol. The standard InChI is InChI=1S/C24H28F3N5O7/c25-14-5-12(6-15(26)20(14)27)17-9-32(30-28-17)21-22(34)18(38-19(10-33)23(21)35)8-13-7-16(29-39-13)11-1-3-31(4-2-11)24(36)37/h5-6,9,11,13,18-19,21-23,33-35H,1-4,7-8,10H2,(H,36,37)/t13?,18-,19-,21-,22+,23+/m1/s1. The maximum Gasteiger partial charge on any atom is 0.407 e. The van der Waals surface area contributed by atoms with Crippen molar-refractivity contribution in [1.82, 2.24) is 19.9 Å². The molecule has 12 nitrogen and oxygen atoms in total. The molecule has 1 aromatic heterocycles. The normalized spacial score (nSPS) is 29.8. The number of hydrogen-bond acceptors (Lipinski definition) is 9. The van der Waals surface area contributed by atoms with E-state index < -0.39 is 66.7 Å². The zero-order chi connectivity index (χ0) is 27.8. The number of nitrogens with zero attached hydrogens (tertiary/aromatic N) is 5. The number of aliphatic hydroxyl groups is 3. The van der Waals surface area contributed by atoms with Crippen LogP contribution in [0, 0.1) is 23.4 Å². The Morgan fingerprint density at radius 3 is 2.38 bits per heavy atom. The Hall–Kier alpha value is -3.27. The molecule has 39 heavy (non-hydrogen) atoms. The Labute approximate surface area is 220 Å². The Balaban J connectivity index is 1.27. The molecule has 4 N–H and O–H groups in total. The van der Waals surface area contributed by atoms with Crippen LogP contribution in [-0.2, 0) is 9.57 Å². The van der Waals surface area contributed by atoms with E-state index in [0.717, 1.165) is 22.5 Å². The maximum absolute atomic E-state index is 13.7. The molecule has 2 aromatic rings. The number of oxime groups is 1. The second-order valence-electron chi connectivity index (χ2n) is 10.00. The van der Waals surface area contributed by atoms with Crippen molar-refractivity contribution in [2.45, 2.75) is 62.2 Å². The number of rotatable bonds is 6. The van der Waals surface area contributed by atoms with Gasteiger partial charge in [0, 0.05) is 37.4 Å². The fourth-order valence-corrected chi connectivity index (χ4v) is 5.43. The summed E-state index contributed by atoms with van der Waals surface area (Å²) in [6.07, 6.45) is -3.03. The smallest absolute Gasteiger partial charge is 0.407 e. The molecular formula is C24H28F3N5O7. The van der Waals surface area contributed by atoms with E-state index in [1.165, 1.54) is 11.1 Å². The van der Waals surface area contributed by atoms with Crippen molar-refractivity contribution in [3.05, 3.63) is 35.8 Å². The van der Waals surface area contributed by atoms with Crippen molar-refractivity contribution in [1.29, 1.82) is 0 Å². The summed E-state index contributed by atoms with van der Waals surface area (Å²) in [6.45, 7) is 0.248. The predicted octanol–water partition coefficient (Wildman–Crippen LogP) is 1.31. The lowest BCUT2D eigenvalue weighted by molar-refractivity contribution is -0.212. The monoisotopic (exact) mass is 555 g/mol. The summed E-state index contributed by atoms with van der Waals surface area (Å²) in [5.74, 6) is -4.35. The number of aliphatic hydroxyl groups excluding tert-OH is 3. The van der Waals surface area contributed by atoms with Crippen molar-refractivity contribution in [3.8, 4) is 11.3 Å². The third kappa shape index (κ3) is 5.44. The average molecular weight is 556 g/mol. The summed E-state index contributed by atoms with van der Waals surface area (Å²) in [6, 6.07) is 0.367. The van der Waals surface area contributed by atoms with Gasteiger partial charge in [0.1, 0.15) is 36.2 Å². The van der Waals surface area contributed by atoms with Gasteiger partial charge in [-0.3, -0.25) is 0 Å². The van der Waals surface area contributed by atoms with E-state index in [9.17, 15) is 33.3 Å². The SMILES string of the molecule is O=C(O)N1CCC(C2=NOC(C[C@H]3O[C@H](CO)[C@H](O)[C@H](n4cc(-c5cc(F)c(F)c(F)c5)nn4)[C@H]3O)C2)CC1. The van der Waals surface area contributed by atoms with Gasteiger partial charge in [-0.05, 0) is 25.0 Å². The highest BCUT2D eigenvalue weighted by atomic mass is 19.2. The first-order valence-electron chi connectivity index (χ1n) is 12.6. The fraction of sp³-hybridized carbons (Fsp3) is 0.583. The van der Waals surface area contributed by atoms with Crippen LogP contribution >= 0.6 is 0 Å². The quantitative estimate of drug-likeness (QED) is 0.385. The lowest BCUT2D eigenvalue weighted by Gasteiger charge is -2.42. The van der Waals surface area contributed by atoms with Crippen molar-refractivity contribution >= 4 is 11.8 Å². The molecule has 6 atom stereocenters. The number of benzene rings is 1. The van der Waals surface area contributed by atoms with Crippen LogP contribution in [0.15, 0.2) is 23.5 Å². The number of aromatic nitrogens is 3. The van der Waals surface area contributed by atoms with Crippen molar-refractivity contribution in [2.75, 3.05) is 19.7 Å². The summed E-state index contributed by atoms with van der Waals surface area (Å²) in [4.78, 5) is 18.1. The fourth-order valence-electron chi connectivity index (χ4n) is 5.43. The molecule has 5 rings (SSSR count). The highest BCUT2D eigenvalue weighted by molar-refractivity contribution is 5.88. The van der Waals surface area contributed by atoms with Crippen LogP contribution in [0.3, 0.4) is 0 Å². The second-order valence-corrected chi connectivity index (χ2v) is 10.00. The zero-order valence-electron chi connectivity index (χ0n) is 20.6. The molecule has 0 radical (unpaired) electrons. The molecule has 1 unspecified atom stereocenters. The van der Waals surface area contributed by atoms with E-state index in [0.29, 0.717) is 32.4 Å². The van der Waals surface area contributed by atoms with Crippen LogP contribution in [-0.4, -0.2) is 102 Å². The molecule has 2 saturated heterocycles. The number of ether oxygens (including phenoxy) is 1. The van der Waals surface area contributed by atoms with Gasteiger partial charge < -0.3 is 34.9 Å². The summed E-state index contributed by atoms with van der Waals surface area (Å²) in [7, 11) is 0. The largest absolute Gasteiger partial charge is 0.465 e. The summed E-state index contributed by atoms with van der Waals surface area (Å²) >= 11 is 0. The molecule has 3 aliphatic rings. The van der Waals surface area contributed by atoms with Gasteiger partial charge >= 0.3 is 6.09 Å². The van der Waals surface area contributed by atoms with Crippen molar-refractivity contribution < 1.29 is 48.0 Å². The molecule has 4 heterocycles. The van der Waals surface area contributed by atoms with Crippen molar-refractivity contribution in [3.63, 3.8) is 0 Å². The lowest BCUT2D eigenvalue weighted by Crippen LogP contribution is -2.56. The number of halogens is 3. The van der Waals surface area contributed by atoms with E-state index in [4.69, 9.17) is 14.7 Å². The third-order valence-electron chi connectivity index (χ3n) is 7.57. The van der Waals surface area contributed by atoms with Crippen LogP contribution in [0.4, 0.5) is 18.0 Å². The van der Waals surface area contributed by atoms with Crippen molar-refractivity contribution in [2.24, 2.45) is 11.1 Å². The number of likely N-dealkylation sites (tertiary alicyclic amines) is 1. The van der Waals surface area contributed by atoms with Gasteiger partial charge in [-0.2, -0.15) is 0 Å². The van der Waals surface area contributed by atoms with E-state index in [1.807, 2.05) is 0 Å². The van der Waals surface area contributed by atoms with Crippen LogP contribution < -0.4 is 0 Å². The number of carboxylic acid groups (broad SMARTS) is 1. The Kier molecular flexibility index (Phi) is 7.75. The zero-order valence-corrected chi connectivity index (χ0v) is 20.6. The van der Waals surface area contributed by atoms with Gasteiger partial charge in [0.25, 0.3) is 0 Å². The Morgan fingerprint density at radius 1 is 1.08 bits per heavy atom. The van der Waals surface area contributed by atoms with Crippen LogP contribution in [0.25, 0.3) is 11.3 Å². The number of piperidine rings is 1. The molecule has 0 spiro atoms. The first kappa shape index (κ1) is 27.3. The minimum Gasteiger partial charge on any atom is -0.465 e. The summed E-state index contributed by atoms with van der Waals surface area (Å²) in [5, 5.41) is 52.8. The molecule has 0 bridgehead atoms. The molecule has 212 valence electrons. The Morgan fingerprint density at radius 2 is 1.74 bits per heavy atom. The van der Waals surface area contributed by atoms with Gasteiger partial charge in [0.15, 0.2) is 17.5 Å². The molecule has 3 aliphatic heterocycles. The first-order chi connectivity index (χ1) is 18.7. The summed E-state index contributed by atoms with van der Waals surface area (Å²) in [5.41, 5.74) is 0.689. The Bertz CT molecular complexity index is 1220. The van der Waals surface area contributed by atoms with E-state index in [2.05, 4.69) is 15.5 Å². The van der Waals surface area contributed by atoms with E-state index in [1.54, 1.807) is 0 Å². The lowest BCUT2D eigenvalue weighted by atomic mass is 9.86. The molecule has 0 aliphatic carbocycles. The number of amides is 1. The van der Waals surface area contributed by atoms with Crippen LogP contribution in [0.1, 0.15) is 31.7 Å². The molecule has 2 fully saturated rings. The number of carbonyl (C=O) groups is 1. The first-order valence-corrected chi connectivity index (χ1v) is 12.6. The van der Waals surface area contributed by atoms with E-state index in [-0.39, 0.29) is 23.6 Å². The van der Waals surface area contributed by atoms with Gasteiger partial charge in [-0.15, -0.1) is 5.10 Å².